The third-order valence-electron chi connectivity index (χ3n) is 4.82. The molecule has 1 unspecified atom stereocenters. The quantitative estimate of drug-likeness (QED) is 0.816. The molecule has 0 aromatic heterocycles. The fraction of sp³-hybridized carbons (Fsp3) is 0.867. The fourth-order valence-corrected chi connectivity index (χ4v) is 3.08. The Hall–Kier alpha value is -1.10. The number of carbonyl (C=O) groups excluding carboxylic acids is 2. The van der Waals surface area contributed by atoms with E-state index >= 15 is 0 Å². The molecule has 2 saturated heterocycles. The largest absolute Gasteiger partial charge is 0.340 e. The number of likely N-dealkylation sites (tertiary alicyclic amines) is 1. The lowest BCUT2D eigenvalue weighted by Gasteiger charge is -2.47. The molecule has 5 nitrogen and oxygen atoms in total. The van der Waals surface area contributed by atoms with E-state index in [9.17, 15) is 9.59 Å². The van der Waals surface area contributed by atoms with E-state index in [1.807, 2.05) is 6.92 Å². The van der Waals surface area contributed by atoms with Gasteiger partial charge in [-0.2, -0.15) is 0 Å². The zero-order chi connectivity index (χ0) is 15.1. The van der Waals surface area contributed by atoms with Crippen LogP contribution in [-0.2, 0) is 9.59 Å². The van der Waals surface area contributed by atoms with Gasteiger partial charge in [-0.1, -0.05) is 6.92 Å². The predicted molar refractivity (Wildman–Crippen MR) is 78.2 cm³/mol. The first-order chi connectivity index (χ1) is 9.15. The Morgan fingerprint density at radius 1 is 1.20 bits per heavy atom. The summed E-state index contributed by atoms with van der Waals surface area (Å²) in [6.45, 7) is 10.4. The molecule has 5 heteroatoms. The maximum absolute atomic E-state index is 12.6. The molecule has 0 aromatic carbocycles. The summed E-state index contributed by atoms with van der Waals surface area (Å²) in [6.07, 6.45) is 2.14. The second kappa shape index (κ2) is 5.02. The molecule has 0 radical (unpaired) electrons. The first-order valence-corrected chi connectivity index (χ1v) is 7.46. The van der Waals surface area contributed by atoms with Gasteiger partial charge in [0.25, 0.3) is 0 Å². The van der Waals surface area contributed by atoms with Crippen molar-refractivity contribution in [2.45, 2.75) is 52.1 Å². The third kappa shape index (κ3) is 2.82. The van der Waals surface area contributed by atoms with E-state index in [0.717, 1.165) is 25.9 Å². The van der Waals surface area contributed by atoms with Crippen LogP contribution in [0.3, 0.4) is 0 Å². The van der Waals surface area contributed by atoms with Gasteiger partial charge in [0.2, 0.25) is 11.8 Å². The number of nitrogens with one attached hydrogen (secondary N) is 1. The monoisotopic (exact) mass is 281 g/mol. The van der Waals surface area contributed by atoms with Gasteiger partial charge in [-0.05, 0) is 59.2 Å². The lowest BCUT2D eigenvalue weighted by molar-refractivity contribution is -0.155. The first kappa shape index (κ1) is 15.3. The number of hydrogen-bond donors (Lipinski definition) is 1. The van der Waals surface area contributed by atoms with Crippen LogP contribution in [0.15, 0.2) is 0 Å². The summed E-state index contributed by atoms with van der Waals surface area (Å²) in [7, 11) is 2.13. The normalized spacial score (nSPS) is 30.2. The minimum atomic E-state index is -0.786. The SMILES string of the molecule is CC1C(=O)NC(C)(C)C(=O)N1CC1(C)CCN(C)CC1. The number of hydrogen-bond acceptors (Lipinski definition) is 3. The maximum Gasteiger partial charge on any atom is 0.248 e. The molecule has 2 aliphatic rings. The summed E-state index contributed by atoms with van der Waals surface area (Å²) in [5, 5.41) is 2.80. The van der Waals surface area contributed by atoms with E-state index < -0.39 is 5.54 Å². The molecular weight excluding hydrogens is 254 g/mol. The summed E-state index contributed by atoms with van der Waals surface area (Å²) in [5.41, 5.74) is -0.671. The first-order valence-electron chi connectivity index (χ1n) is 7.46. The van der Waals surface area contributed by atoms with Crippen molar-refractivity contribution in [3.8, 4) is 0 Å². The molecular formula is C15H27N3O2. The highest BCUT2D eigenvalue weighted by Crippen LogP contribution is 2.33. The number of nitrogens with zero attached hydrogens (tertiary/aromatic N) is 2. The third-order valence-corrected chi connectivity index (χ3v) is 4.82. The molecule has 2 amide bonds. The topological polar surface area (TPSA) is 52.7 Å². The molecule has 2 heterocycles. The summed E-state index contributed by atoms with van der Waals surface area (Å²) in [6, 6.07) is -0.369. The Kier molecular flexibility index (Phi) is 3.84. The molecule has 0 bridgehead atoms. The van der Waals surface area contributed by atoms with Crippen molar-refractivity contribution in [3.05, 3.63) is 0 Å². The number of rotatable bonds is 2. The lowest BCUT2D eigenvalue weighted by Crippen LogP contribution is -2.68. The smallest absolute Gasteiger partial charge is 0.248 e. The van der Waals surface area contributed by atoms with Gasteiger partial charge in [-0.3, -0.25) is 9.59 Å². The van der Waals surface area contributed by atoms with E-state index in [0.29, 0.717) is 6.54 Å². The fourth-order valence-electron chi connectivity index (χ4n) is 3.08. The van der Waals surface area contributed by atoms with E-state index in [2.05, 4.69) is 24.2 Å². The van der Waals surface area contributed by atoms with Gasteiger partial charge in [0.15, 0.2) is 0 Å². The Labute approximate surface area is 121 Å². The molecule has 2 fully saturated rings. The van der Waals surface area contributed by atoms with Gasteiger partial charge in [-0.25, -0.2) is 0 Å². The van der Waals surface area contributed by atoms with Gasteiger partial charge in [-0.15, -0.1) is 0 Å². The van der Waals surface area contributed by atoms with Gasteiger partial charge < -0.3 is 15.1 Å². The average molecular weight is 281 g/mol. The highest BCUT2D eigenvalue weighted by molar-refractivity contribution is 5.99. The molecule has 1 atom stereocenters. The minimum absolute atomic E-state index is 0.0322. The summed E-state index contributed by atoms with van der Waals surface area (Å²) in [4.78, 5) is 28.7. The van der Waals surface area contributed by atoms with Crippen molar-refractivity contribution < 1.29 is 9.59 Å². The Morgan fingerprint density at radius 2 is 1.75 bits per heavy atom. The number of piperazine rings is 1. The van der Waals surface area contributed by atoms with E-state index in [-0.39, 0.29) is 23.3 Å². The number of amides is 2. The Balaban J connectivity index is 2.14. The molecule has 114 valence electrons. The van der Waals surface area contributed by atoms with Gasteiger partial charge >= 0.3 is 0 Å². The van der Waals surface area contributed by atoms with Crippen LogP contribution in [-0.4, -0.2) is 59.9 Å². The minimum Gasteiger partial charge on any atom is -0.340 e. The van der Waals surface area contributed by atoms with Crippen molar-refractivity contribution >= 4 is 11.8 Å². The lowest BCUT2D eigenvalue weighted by atomic mass is 9.79. The Morgan fingerprint density at radius 3 is 2.30 bits per heavy atom. The number of carbonyl (C=O) groups is 2. The van der Waals surface area contributed by atoms with E-state index in [4.69, 9.17) is 0 Å². The summed E-state index contributed by atoms with van der Waals surface area (Å²) >= 11 is 0. The predicted octanol–water partition coefficient (Wildman–Crippen LogP) is 0.844. The zero-order valence-electron chi connectivity index (χ0n) is 13.3. The molecule has 2 aliphatic heterocycles. The van der Waals surface area contributed by atoms with Crippen molar-refractivity contribution in [3.63, 3.8) is 0 Å². The van der Waals surface area contributed by atoms with Crippen LogP contribution in [0.1, 0.15) is 40.5 Å². The summed E-state index contributed by atoms with van der Waals surface area (Å²) in [5.74, 6) is -0.0177. The van der Waals surface area contributed by atoms with Crippen molar-refractivity contribution in [2.75, 3.05) is 26.7 Å². The molecule has 1 N–H and O–H groups in total. The maximum atomic E-state index is 12.6. The standard InChI is InChI=1S/C15H27N3O2/c1-11-12(19)16-14(2,3)13(20)18(11)10-15(4)6-8-17(5)9-7-15/h11H,6-10H2,1-5H3,(H,16,19). The van der Waals surface area contributed by atoms with Crippen LogP contribution < -0.4 is 5.32 Å². The number of piperidine rings is 1. The molecule has 0 aliphatic carbocycles. The van der Waals surface area contributed by atoms with Crippen LogP contribution in [0.25, 0.3) is 0 Å². The molecule has 0 aromatic rings. The van der Waals surface area contributed by atoms with Crippen molar-refractivity contribution in [2.24, 2.45) is 5.41 Å². The second-order valence-electron chi connectivity index (χ2n) is 7.34. The molecule has 0 saturated carbocycles. The zero-order valence-corrected chi connectivity index (χ0v) is 13.3. The van der Waals surface area contributed by atoms with Crippen molar-refractivity contribution in [1.29, 1.82) is 0 Å². The van der Waals surface area contributed by atoms with Crippen LogP contribution in [0, 0.1) is 5.41 Å². The van der Waals surface area contributed by atoms with E-state index in [1.54, 1.807) is 18.7 Å². The van der Waals surface area contributed by atoms with Crippen molar-refractivity contribution in [1.82, 2.24) is 15.1 Å². The summed E-state index contributed by atoms with van der Waals surface area (Å²) < 4.78 is 0. The second-order valence-corrected chi connectivity index (χ2v) is 7.34. The average Bonchev–Trinajstić information content (AvgIpc) is 2.36. The molecule has 2 rings (SSSR count). The van der Waals surface area contributed by atoms with Crippen LogP contribution >= 0.6 is 0 Å². The van der Waals surface area contributed by atoms with Crippen LogP contribution in [0.2, 0.25) is 0 Å². The molecule has 20 heavy (non-hydrogen) atoms. The van der Waals surface area contributed by atoms with Gasteiger partial charge in [0.05, 0.1) is 0 Å². The van der Waals surface area contributed by atoms with Gasteiger partial charge in [0, 0.05) is 6.54 Å². The Bertz CT molecular complexity index is 411. The van der Waals surface area contributed by atoms with Gasteiger partial charge in [0.1, 0.15) is 11.6 Å². The highest BCUT2D eigenvalue weighted by atomic mass is 16.2. The molecule has 0 spiro atoms. The van der Waals surface area contributed by atoms with Crippen LogP contribution in [0.5, 0.6) is 0 Å². The highest BCUT2D eigenvalue weighted by Gasteiger charge is 2.45. The van der Waals surface area contributed by atoms with Crippen LogP contribution in [0.4, 0.5) is 0 Å². The van der Waals surface area contributed by atoms with E-state index in [1.165, 1.54) is 0 Å².